The second-order valence-electron chi connectivity index (χ2n) is 8.06. The van der Waals surface area contributed by atoms with Gasteiger partial charge in [0.1, 0.15) is 5.52 Å². The Morgan fingerprint density at radius 1 is 1.15 bits per heavy atom. The van der Waals surface area contributed by atoms with E-state index < -0.39 is 0 Å². The van der Waals surface area contributed by atoms with Crippen LogP contribution in [0.25, 0.3) is 11.0 Å². The third-order valence-electron chi connectivity index (χ3n) is 5.66. The number of carbonyl (C=O) groups excluding carboxylic acids is 1. The minimum Gasteiger partial charge on any atom is -0.315 e. The van der Waals surface area contributed by atoms with E-state index >= 15 is 0 Å². The Morgan fingerprint density at radius 2 is 1.91 bits per heavy atom. The van der Waals surface area contributed by atoms with E-state index in [4.69, 9.17) is 16.6 Å². The van der Waals surface area contributed by atoms with E-state index in [-0.39, 0.29) is 23.8 Å². The fourth-order valence-corrected chi connectivity index (χ4v) is 4.87. The number of hydrogen-bond donors (Lipinski definition) is 0. The summed E-state index contributed by atoms with van der Waals surface area (Å²) in [6.07, 6.45) is 0. The monoisotopic (exact) mass is 495 g/mol. The van der Waals surface area contributed by atoms with Crippen LogP contribution in [0.1, 0.15) is 23.7 Å². The van der Waals surface area contributed by atoms with Crippen molar-refractivity contribution in [2.75, 3.05) is 17.7 Å². The van der Waals surface area contributed by atoms with Crippen molar-refractivity contribution in [1.82, 2.24) is 19.3 Å². The van der Waals surface area contributed by atoms with Crippen molar-refractivity contribution in [1.29, 1.82) is 0 Å². The second-order valence-corrected chi connectivity index (χ2v) is 9.41. The van der Waals surface area contributed by atoms with Gasteiger partial charge in [-0.15, -0.1) is 0 Å². The molecule has 0 aliphatic carbocycles. The largest absolute Gasteiger partial charge is 0.315 e. The maximum absolute atomic E-state index is 13.6. The summed E-state index contributed by atoms with van der Waals surface area (Å²) in [5, 5.41) is 5.51. The quantitative estimate of drug-likeness (QED) is 0.275. The minimum atomic E-state index is -0.200. The summed E-state index contributed by atoms with van der Waals surface area (Å²) < 4.78 is 3.26. The highest BCUT2D eigenvalue weighted by atomic mass is 35.5. The number of carbonyl (C=O) groups is 1. The molecular formula is C25H26ClN5O2S. The molecule has 0 spiro atoms. The number of benzene rings is 2. The lowest BCUT2D eigenvalue weighted by Crippen LogP contribution is -2.29. The van der Waals surface area contributed by atoms with Gasteiger partial charge in [0, 0.05) is 24.3 Å². The summed E-state index contributed by atoms with van der Waals surface area (Å²) in [4.78, 5) is 33.0. The topological polar surface area (TPSA) is 73.0 Å². The van der Waals surface area contributed by atoms with Crippen molar-refractivity contribution in [3.05, 3.63) is 80.7 Å². The highest BCUT2D eigenvalue weighted by molar-refractivity contribution is 7.99. The SMILES string of the molecule is CCn1nc(C)c2nc(SCC(=O)N(C)c3cccc(C)c3)n(Cc3ccccc3Cl)c(=O)c21. The number of rotatable bonds is 7. The maximum Gasteiger partial charge on any atom is 0.280 e. The van der Waals surface area contributed by atoms with E-state index in [0.717, 1.165) is 16.8 Å². The van der Waals surface area contributed by atoms with Gasteiger partial charge < -0.3 is 4.90 Å². The first-order chi connectivity index (χ1) is 16.3. The molecule has 1 amide bonds. The number of halogens is 1. The van der Waals surface area contributed by atoms with E-state index in [0.29, 0.717) is 33.5 Å². The number of aromatic nitrogens is 4. The molecule has 4 aromatic rings. The van der Waals surface area contributed by atoms with Gasteiger partial charge in [-0.1, -0.05) is 53.7 Å². The zero-order valence-corrected chi connectivity index (χ0v) is 21.2. The van der Waals surface area contributed by atoms with Crippen LogP contribution in [0.4, 0.5) is 5.69 Å². The Bertz CT molecular complexity index is 1430. The Labute approximate surface area is 207 Å². The molecule has 0 fully saturated rings. The summed E-state index contributed by atoms with van der Waals surface area (Å²) >= 11 is 7.63. The number of aryl methyl sites for hydroxylation is 3. The van der Waals surface area contributed by atoms with Crippen molar-refractivity contribution < 1.29 is 4.79 Å². The predicted molar refractivity (Wildman–Crippen MR) is 138 cm³/mol. The highest BCUT2D eigenvalue weighted by Crippen LogP contribution is 2.24. The first-order valence-corrected chi connectivity index (χ1v) is 12.3. The maximum atomic E-state index is 13.6. The van der Waals surface area contributed by atoms with Crippen LogP contribution in [0.5, 0.6) is 0 Å². The molecule has 0 bridgehead atoms. The number of amides is 1. The molecule has 2 heterocycles. The van der Waals surface area contributed by atoms with Gasteiger partial charge in [0.25, 0.3) is 5.56 Å². The molecule has 0 unspecified atom stereocenters. The van der Waals surface area contributed by atoms with Gasteiger partial charge in [-0.2, -0.15) is 5.10 Å². The molecule has 7 nitrogen and oxygen atoms in total. The van der Waals surface area contributed by atoms with Crippen LogP contribution in [0.2, 0.25) is 5.02 Å². The van der Waals surface area contributed by atoms with Crippen LogP contribution in [0.3, 0.4) is 0 Å². The van der Waals surface area contributed by atoms with Gasteiger partial charge >= 0.3 is 0 Å². The normalized spacial score (nSPS) is 11.2. The average Bonchev–Trinajstić information content (AvgIpc) is 3.15. The Kier molecular flexibility index (Phi) is 7.09. The number of hydrogen-bond acceptors (Lipinski definition) is 5. The van der Waals surface area contributed by atoms with Gasteiger partial charge in [0.05, 0.1) is 18.0 Å². The Balaban J connectivity index is 1.71. The van der Waals surface area contributed by atoms with Crippen LogP contribution < -0.4 is 10.5 Å². The lowest BCUT2D eigenvalue weighted by Gasteiger charge is -2.18. The lowest BCUT2D eigenvalue weighted by atomic mass is 10.2. The number of thioether (sulfide) groups is 1. The third kappa shape index (κ3) is 4.74. The van der Waals surface area contributed by atoms with E-state index in [1.54, 1.807) is 27.3 Å². The van der Waals surface area contributed by atoms with Gasteiger partial charge in [0.15, 0.2) is 10.7 Å². The van der Waals surface area contributed by atoms with Gasteiger partial charge in [0.2, 0.25) is 5.91 Å². The van der Waals surface area contributed by atoms with Crippen molar-refractivity contribution in [2.24, 2.45) is 0 Å². The van der Waals surface area contributed by atoms with Gasteiger partial charge in [-0.25, -0.2) is 4.98 Å². The van der Waals surface area contributed by atoms with E-state index in [1.165, 1.54) is 11.8 Å². The van der Waals surface area contributed by atoms with Gasteiger partial charge in [-0.05, 0) is 50.1 Å². The summed E-state index contributed by atoms with van der Waals surface area (Å²) in [7, 11) is 1.75. The lowest BCUT2D eigenvalue weighted by molar-refractivity contribution is -0.115. The summed E-state index contributed by atoms with van der Waals surface area (Å²) in [5.74, 6) is 0.0431. The molecule has 0 aliphatic rings. The standard InChI is InChI=1S/C25H26ClN5O2S/c1-5-31-23-22(17(3)28-31)27-25(30(24(23)33)14-18-10-6-7-12-20(18)26)34-15-21(32)29(4)19-11-8-9-16(2)13-19/h6-13H,5,14-15H2,1-4H3. The zero-order chi connectivity index (χ0) is 24.4. The third-order valence-corrected chi connectivity index (χ3v) is 6.99. The molecular weight excluding hydrogens is 470 g/mol. The zero-order valence-electron chi connectivity index (χ0n) is 19.6. The Morgan fingerprint density at radius 3 is 2.62 bits per heavy atom. The molecule has 0 saturated carbocycles. The highest BCUT2D eigenvalue weighted by Gasteiger charge is 2.20. The van der Waals surface area contributed by atoms with Crippen molar-refractivity contribution in [2.45, 2.75) is 39.0 Å². The summed E-state index contributed by atoms with van der Waals surface area (Å²) in [6, 6.07) is 15.2. The van der Waals surface area contributed by atoms with Crippen LogP contribution in [-0.2, 0) is 17.9 Å². The molecule has 2 aromatic heterocycles. The van der Waals surface area contributed by atoms with Crippen LogP contribution >= 0.6 is 23.4 Å². The number of anilines is 1. The predicted octanol–water partition coefficient (Wildman–Crippen LogP) is 4.69. The first kappa shape index (κ1) is 24.0. The summed E-state index contributed by atoms with van der Waals surface area (Å²) in [5.41, 5.74) is 4.20. The fraction of sp³-hybridized carbons (Fsp3) is 0.280. The van der Waals surface area contributed by atoms with Crippen molar-refractivity contribution in [3.8, 4) is 0 Å². The van der Waals surface area contributed by atoms with E-state index in [1.807, 2.05) is 63.2 Å². The van der Waals surface area contributed by atoms with Crippen molar-refractivity contribution >= 4 is 46.0 Å². The Hall–Kier alpha value is -3.10. The first-order valence-electron chi connectivity index (χ1n) is 11.0. The number of fused-ring (bicyclic) bond motifs is 1. The van der Waals surface area contributed by atoms with E-state index in [9.17, 15) is 9.59 Å². The molecule has 0 saturated heterocycles. The van der Waals surface area contributed by atoms with E-state index in [2.05, 4.69) is 5.10 Å². The molecule has 0 N–H and O–H groups in total. The van der Waals surface area contributed by atoms with Gasteiger partial charge in [-0.3, -0.25) is 18.8 Å². The fourth-order valence-electron chi connectivity index (χ4n) is 3.77. The van der Waals surface area contributed by atoms with Crippen LogP contribution in [0.15, 0.2) is 58.5 Å². The molecule has 34 heavy (non-hydrogen) atoms. The molecule has 176 valence electrons. The minimum absolute atomic E-state index is 0.0878. The molecule has 4 rings (SSSR count). The second kappa shape index (κ2) is 10.0. The molecule has 9 heteroatoms. The smallest absolute Gasteiger partial charge is 0.280 e. The summed E-state index contributed by atoms with van der Waals surface area (Å²) in [6.45, 7) is 6.57. The number of nitrogens with zero attached hydrogens (tertiary/aromatic N) is 5. The van der Waals surface area contributed by atoms with Crippen molar-refractivity contribution in [3.63, 3.8) is 0 Å². The van der Waals surface area contributed by atoms with Crippen LogP contribution in [-0.4, -0.2) is 38.0 Å². The van der Waals surface area contributed by atoms with Crippen LogP contribution in [0, 0.1) is 13.8 Å². The molecule has 0 aliphatic heterocycles. The average molecular weight is 496 g/mol. The molecule has 2 aromatic carbocycles. The molecule has 0 atom stereocenters. The molecule has 0 radical (unpaired) electrons.